The highest BCUT2D eigenvalue weighted by Gasteiger charge is 2.51. The summed E-state index contributed by atoms with van der Waals surface area (Å²) in [6, 6.07) is 14.1. The van der Waals surface area contributed by atoms with Crippen molar-refractivity contribution < 1.29 is 14.0 Å². The molecule has 2 aromatic rings. The zero-order valence-corrected chi connectivity index (χ0v) is 16.6. The van der Waals surface area contributed by atoms with Gasteiger partial charge in [0.05, 0.1) is 11.2 Å². The van der Waals surface area contributed by atoms with Gasteiger partial charge in [-0.3, -0.25) is 0 Å². The fourth-order valence-corrected chi connectivity index (χ4v) is 3.01. The van der Waals surface area contributed by atoms with Gasteiger partial charge in [-0.05, 0) is 38.7 Å². The Morgan fingerprint density at radius 2 is 1.44 bits per heavy atom. The average Bonchev–Trinajstić information content (AvgIpc) is 2.87. The molecule has 0 unspecified atom stereocenters. The molecule has 140 valence electrons. The summed E-state index contributed by atoms with van der Waals surface area (Å²) in [4.78, 5) is 0. The van der Waals surface area contributed by atoms with Crippen molar-refractivity contribution in [3.05, 3.63) is 72.3 Å². The maximum absolute atomic E-state index is 6.19. The van der Waals surface area contributed by atoms with Crippen LogP contribution in [0.3, 0.4) is 0 Å². The van der Waals surface area contributed by atoms with E-state index in [2.05, 4.69) is 13.2 Å². The summed E-state index contributed by atoms with van der Waals surface area (Å²) in [5, 5.41) is 0. The summed E-state index contributed by atoms with van der Waals surface area (Å²) < 4.78 is 18.5. The van der Waals surface area contributed by atoms with Crippen LogP contribution in [-0.4, -0.2) is 18.3 Å². The SMILES string of the molecule is C=Cc1cc(B2OC(C)(C)C(C)(C)O2)cc(C=C)c1OCc1ccccc1. The van der Waals surface area contributed by atoms with Crippen molar-refractivity contribution >= 4 is 24.7 Å². The van der Waals surface area contributed by atoms with Crippen molar-refractivity contribution in [1.82, 2.24) is 0 Å². The molecule has 27 heavy (non-hydrogen) atoms. The van der Waals surface area contributed by atoms with Crippen molar-refractivity contribution in [2.45, 2.75) is 45.5 Å². The van der Waals surface area contributed by atoms with Crippen LogP contribution in [0.25, 0.3) is 12.2 Å². The fourth-order valence-electron chi connectivity index (χ4n) is 3.01. The lowest BCUT2D eigenvalue weighted by molar-refractivity contribution is 0.00578. The predicted molar refractivity (Wildman–Crippen MR) is 113 cm³/mol. The van der Waals surface area contributed by atoms with Crippen molar-refractivity contribution in [1.29, 1.82) is 0 Å². The number of rotatable bonds is 6. The van der Waals surface area contributed by atoms with Crippen molar-refractivity contribution in [3.8, 4) is 5.75 Å². The Balaban J connectivity index is 1.91. The van der Waals surface area contributed by atoms with Crippen molar-refractivity contribution in [2.24, 2.45) is 0 Å². The zero-order valence-electron chi connectivity index (χ0n) is 16.6. The minimum atomic E-state index is -0.435. The standard InChI is InChI=1S/C23H27BO3/c1-7-18-14-20(24-26-22(3,4)23(5,6)27-24)15-19(8-2)21(18)25-16-17-12-10-9-11-13-17/h7-15H,1-2,16H2,3-6H3. The molecule has 0 bridgehead atoms. The smallest absolute Gasteiger partial charge is 0.488 e. The summed E-state index contributed by atoms with van der Waals surface area (Å²) >= 11 is 0. The van der Waals surface area contributed by atoms with Gasteiger partial charge in [0.1, 0.15) is 12.4 Å². The number of hydrogen-bond acceptors (Lipinski definition) is 3. The molecule has 2 aromatic carbocycles. The predicted octanol–water partition coefficient (Wildman–Crippen LogP) is 4.85. The van der Waals surface area contributed by atoms with Crippen LogP contribution >= 0.6 is 0 Å². The molecule has 0 spiro atoms. The Morgan fingerprint density at radius 1 is 0.926 bits per heavy atom. The van der Waals surface area contributed by atoms with Crippen LogP contribution in [0, 0.1) is 0 Å². The van der Waals surface area contributed by atoms with Crippen LogP contribution in [0.5, 0.6) is 5.75 Å². The second-order valence-electron chi connectivity index (χ2n) is 7.80. The Labute approximate surface area is 162 Å². The van der Waals surface area contributed by atoms with Crippen LogP contribution in [0.4, 0.5) is 0 Å². The van der Waals surface area contributed by atoms with E-state index in [1.807, 2.05) is 70.2 Å². The third-order valence-corrected chi connectivity index (χ3v) is 5.36. The molecular formula is C23H27BO3. The first-order valence-corrected chi connectivity index (χ1v) is 9.22. The maximum Gasteiger partial charge on any atom is 0.494 e. The van der Waals surface area contributed by atoms with E-state index < -0.39 is 7.12 Å². The summed E-state index contributed by atoms with van der Waals surface area (Å²) in [7, 11) is -0.435. The van der Waals surface area contributed by atoms with Gasteiger partial charge in [0, 0.05) is 11.1 Å². The van der Waals surface area contributed by atoms with Gasteiger partial charge in [-0.15, -0.1) is 0 Å². The first-order valence-electron chi connectivity index (χ1n) is 9.22. The molecule has 1 heterocycles. The number of hydrogen-bond donors (Lipinski definition) is 0. The Kier molecular flexibility index (Phi) is 5.32. The lowest BCUT2D eigenvalue weighted by Crippen LogP contribution is -2.41. The largest absolute Gasteiger partial charge is 0.494 e. The molecule has 1 aliphatic rings. The van der Waals surface area contributed by atoms with Gasteiger partial charge in [-0.1, -0.05) is 67.8 Å². The summed E-state index contributed by atoms with van der Waals surface area (Å²) in [6.07, 6.45) is 3.59. The first kappa shape index (κ1) is 19.5. The van der Waals surface area contributed by atoms with E-state index in [-0.39, 0.29) is 11.2 Å². The van der Waals surface area contributed by atoms with Crippen molar-refractivity contribution in [3.63, 3.8) is 0 Å². The Hall–Kier alpha value is -2.30. The second-order valence-corrected chi connectivity index (χ2v) is 7.80. The first-order chi connectivity index (χ1) is 12.8. The molecule has 1 aliphatic heterocycles. The molecule has 1 fully saturated rings. The molecule has 0 amide bonds. The molecule has 0 radical (unpaired) electrons. The maximum atomic E-state index is 6.19. The third-order valence-electron chi connectivity index (χ3n) is 5.36. The monoisotopic (exact) mass is 362 g/mol. The molecule has 3 nitrogen and oxygen atoms in total. The second kappa shape index (κ2) is 7.38. The molecule has 1 saturated heterocycles. The molecule has 0 saturated carbocycles. The summed E-state index contributed by atoms with van der Waals surface area (Å²) in [5.74, 6) is 0.768. The average molecular weight is 362 g/mol. The van der Waals surface area contributed by atoms with E-state index in [1.165, 1.54) is 0 Å². The highest BCUT2D eigenvalue weighted by atomic mass is 16.7. The van der Waals surface area contributed by atoms with Gasteiger partial charge in [-0.25, -0.2) is 0 Å². The third kappa shape index (κ3) is 3.87. The van der Waals surface area contributed by atoms with E-state index >= 15 is 0 Å². The fraction of sp³-hybridized carbons (Fsp3) is 0.304. The topological polar surface area (TPSA) is 27.7 Å². The van der Waals surface area contributed by atoms with Gasteiger partial charge in [0.2, 0.25) is 0 Å². The quantitative estimate of drug-likeness (QED) is 0.688. The van der Waals surface area contributed by atoms with Gasteiger partial charge < -0.3 is 14.0 Å². The van der Waals surface area contributed by atoms with Crippen LogP contribution in [0.1, 0.15) is 44.4 Å². The lowest BCUT2D eigenvalue weighted by Gasteiger charge is -2.32. The summed E-state index contributed by atoms with van der Waals surface area (Å²) in [5.41, 5.74) is 3.07. The minimum Gasteiger partial charge on any atom is -0.488 e. The Morgan fingerprint density at radius 3 is 1.93 bits per heavy atom. The summed E-state index contributed by atoms with van der Waals surface area (Å²) in [6.45, 7) is 16.6. The molecule has 0 aliphatic carbocycles. The lowest BCUT2D eigenvalue weighted by atomic mass is 9.77. The molecule has 0 aromatic heterocycles. The normalized spacial score (nSPS) is 17.6. The van der Waals surface area contributed by atoms with Gasteiger partial charge in [0.25, 0.3) is 0 Å². The molecule has 0 atom stereocenters. The van der Waals surface area contributed by atoms with Gasteiger partial charge >= 0.3 is 7.12 Å². The molecule has 0 N–H and O–H groups in total. The highest BCUT2D eigenvalue weighted by molar-refractivity contribution is 6.62. The van der Waals surface area contributed by atoms with Crippen LogP contribution in [0.2, 0.25) is 0 Å². The van der Waals surface area contributed by atoms with E-state index in [4.69, 9.17) is 14.0 Å². The van der Waals surface area contributed by atoms with Gasteiger partial charge in [0.15, 0.2) is 0 Å². The molecular weight excluding hydrogens is 335 g/mol. The minimum absolute atomic E-state index is 0.386. The molecule has 4 heteroatoms. The number of benzene rings is 2. The molecule has 3 rings (SSSR count). The van der Waals surface area contributed by atoms with E-state index in [0.29, 0.717) is 6.61 Å². The van der Waals surface area contributed by atoms with Crippen molar-refractivity contribution in [2.75, 3.05) is 0 Å². The van der Waals surface area contributed by atoms with Gasteiger partial charge in [-0.2, -0.15) is 0 Å². The Bertz CT molecular complexity index is 795. The number of ether oxygens (including phenoxy) is 1. The van der Waals surface area contributed by atoms with E-state index in [0.717, 1.165) is 27.9 Å². The van der Waals surface area contributed by atoms with Crippen LogP contribution in [-0.2, 0) is 15.9 Å². The van der Waals surface area contributed by atoms with Crippen LogP contribution < -0.4 is 10.2 Å². The highest BCUT2D eigenvalue weighted by Crippen LogP contribution is 2.37. The zero-order chi connectivity index (χ0) is 19.7. The van der Waals surface area contributed by atoms with E-state index in [1.54, 1.807) is 12.2 Å². The van der Waals surface area contributed by atoms with E-state index in [9.17, 15) is 0 Å². The van der Waals surface area contributed by atoms with Crippen LogP contribution in [0.15, 0.2) is 55.6 Å².